The monoisotopic (exact) mass is 536 g/mol. The SMILES string of the molecule is CCN1CCCC1CN(CC(=O)N1CCNCC1)S(=O)(=O)c1cc(C)ccc1C.O=C(O)C(F)(F)F. The summed E-state index contributed by atoms with van der Waals surface area (Å²) < 4.78 is 60.4. The van der Waals surface area contributed by atoms with Crippen LogP contribution >= 0.6 is 0 Å². The van der Waals surface area contributed by atoms with Crippen molar-refractivity contribution in [3.63, 3.8) is 0 Å². The number of aryl methyl sites for hydroxylation is 2. The minimum atomic E-state index is -5.08. The summed E-state index contributed by atoms with van der Waals surface area (Å²) in [4.78, 5) is 26.2. The molecule has 9 nitrogen and oxygen atoms in total. The molecule has 1 aromatic rings. The lowest BCUT2D eigenvalue weighted by atomic mass is 10.2. The summed E-state index contributed by atoms with van der Waals surface area (Å²) in [5, 5.41) is 10.4. The average molecular weight is 537 g/mol. The van der Waals surface area contributed by atoms with Crippen molar-refractivity contribution < 1.29 is 36.3 Å². The van der Waals surface area contributed by atoms with Gasteiger partial charge in [0.05, 0.1) is 11.4 Å². The van der Waals surface area contributed by atoms with Crippen LogP contribution in [0.1, 0.15) is 30.9 Å². The summed E-state index contributed by atoms with van der Waals surface area (Å²) in [6.45, 7) is 10.7. The van der Waals surface area contributed by atoms with Gasteiger partial charge in [-0.25, -0.2) is 13.2 Å². The number of carbonyl (C=O) groups excluding carboxylic acids is 1. The van der Waals surface area contributed by atoms with Crippen molar-refractivity contribution in [1.82, 2.24) is 19.4 Å². The van der Waals surface area contributed by atoms with Gasteiger partial charge in [-0.15, -0.1) is 0 Å². The summed E-state index contributed by atoms with van der Waals surface area (Å²) in [5.41, 5.74) is 1.62. The van der Waals surface area contributed by atoms with Crippen LogP contribution in [0.25, 0.3) is 0 Å². The number of hydrogen-bond acceptors (Lipinski definition) is 6. The number of amides is 1. The van der Waals surface area contributed by atoms with E-state index in [1.54, 1.807) is 11.0 Å². The highest BCUT2D eigenvalue weighted by Crippen LogP contribution is 2.25. The Morgan fingerprint density at radius 1 is 1.17 bits per heavy atom. The van der Waals surface area contributed by atoms with Gasteiger partial charge in [-0.1, -0.05) is 19.1 Å². The van der Waals surface area contributed by atoms with Crippen molar-refractivity contribution in [3.8, 4) is 0 Å². The molecule has 0 bridgehead atoms. The molecule has 2 N–H and O–H groups in total. The van der Waals surface area contributed by atoms with Crippen LogP contribution in [0.15, 0.2) is 23.1 Å². The standard InChI is InChI=1S/C21H34N4O3S.C2HF3O2/c1-4-23-11-5-6-19(23)15-25(16-21(26)24-12-9-22-10-13-24)29(27,28)20-14-17(2)7-8-18(20)3;3-2(4,5)1(6)7/h7-8,14,19,22H,4-6,9-13,15-16H2,1-3H3;(H,6,7). The Labute approximate surface area is 210 Å². The van der Waals surface area contributed by atoms with Gasteiger partial charge in [0.15, 0.2) is 0 Å². The molecule has 2 aliphatic heterocycles. The Kier molecular flexibility index (Phi) is 10.7. The molecule has 1 amide bonds. The van der Waals surface area contributed by atoms with Gasteiger partial charge in [-0.05, 0) is 57.0 Å². The Balaban J connectivity index is 0.000000572. The summed E-state index contributed by atoms with van der Waals surface area (Å²) in [6.07, 6.45) is -3.05. The molecule has 0 aliphatic carbocycles. The maximum Gasteiger partial charge on any atom is 0.490 e. The number of hydrogen-bond donors (Lipinski definition) is 2. The second-order valence-corrected chi connectivity index (χ2v) is 10.8. The van der Waals surface area contributed by atoms with Crippen LogP contribution in [0.4, 0.5) is 13.2 Å². The Hall–Kier alpha value is -2.22. The minimum Gasteiger partial charge on any atom is -0.475 e. The smallest absolute Gasteiger partial charge is 0.475 e. The predicted molar refractivity (Wildman–Crippen MR) is 128 cm³/mol. The number of aliphatic carboxylic acids is 1. The number of alkyl halides is 3. The maximum atomic E-state index is 13.6. The Morgan fingerprint density at radius 2 is 1.78 bits per heavy atom. The topological polar surface area (TPSA) is 110 Å². The van der Waals surface area contributed by atoms with Gasteiger partial charge in [0.2, 0.25) is 15.9 Å². The molecule has 0 aromatic heterocycles. The largest absolute Gasteiger partial charge is 0.490 e. The molecule has 2 aliphatic rings. The zero-order valence-corrected chi connectivity index (χ0v) is 21.7. The fourth-order valence-corrected chi connectivity index (χ4v) is 6.03. The van der Waals surface area contributed by atoms with Crippen LogP contribution in [0.3, 0.4) is 0 Å². The molecule has 2 heterocycles. The van der Waals surface area contributed by atoms with E-state index in [0.29, 0.717) is 30.1 Å². The number of nitrogens with zero attached hydrogens (tertiary/aromatic N) is 3. The molecule has 2 saturated heterocycles. The van der Waals surface area contributed by atoms with Crippen LogP contribution in [0.5, 0.6) is 0 Å². The third-order valence-corrected chi connectivity index (χ3v) is 8.26. The highest BCUT2D eigenvalue weighted by molar-refractivity contribution is 7.89. The van der Waals surface area contributed by atoms with Gasteiger partial charge in [-0.2, -0.15) is 17.5 Å². The number of likely N-dealkylation sites (tertiary alicyclic amines) is 1. The zero-order chi connectivity index (χ0) is 27.1. The van der Waals surface area contributed by atoms with Crippen LogP contribution < -0.4 is 5.32 Å². The first-order valence-electron chi connectivity index (χ1n) is 11.9. The van der Waals surface area contributed by atoms with Crippen molar-refractivity contribution in [2.45, 2.75) is 50.7 Å². The molecule has 36 heavy (non-hydrogen) atoms. The number of rotatable bonds is 7. The van der Waals surface area contributed by atoms with E-state index in [4.69, 9.17) is 9.90 Å². The van der Waals surface area contributed by atoms with Crippen molar-refractivity contribution in [2.75, 3.05) is 52.4 Å². The summed E-state index contributed by atoms with van der Waals surface area (Å²) in [5.74, 6) is -2.87. The van der Waals surface area contributed by atoms with Crippen molar-refractivity contribution in [2.24, 2.45) is 0 Å². The number of benzene rings is 1. The van der Waals surface area contributed by atoms with E-state index in [1.165, 1.54) is 4.31 Å². The van der Waals surface area contributed by atoms with Gasteiger partial charge < -0.3 is 15.3 Å². The van der Waals surface area contributed by atoms with Gasteiger partial charge >= 0.3 is 12.1 Å². The summed E-state index contributed by atoms with van der Waals surface area (Å²) in [6, 6.07) is 5.64. The van der Waals surface area contributed by atoms with Gasteiger partial charge in [0.25, 0.3) is 0 Å². The number of halogens is 3. The van der Waals surface area contributed by atoms with E-state index < -0.39 is 22.2 Å². The highest BCUT2D eigenvalue weighted by Gasteiger charge is 2.38. The number of nitrogens with one attached hydrogen (secondary N) is 1. The fourth-order valence-electron chi connectivity index (χ4n) is 4.29. The molecule has 3 rings (SSSR count). The van der Waals surface area contributed by atoms with E-state index in [0.717, 1.165) is 44.6 Å². The van der Waals surface area contributed by atoms with E-state index in [9.17, 15) is 26.4 Å². The van der Waals surface area contributed by atoms with E-state index >= 15 is 0 Å². The van der Waals surface area contributed by atoms with Crippen LogP contribution in [0.2, 0.25) is 0 Å². The predicted octanol–water partition coefficient (Wildman–Crippen LogP) is 1.84. The summed E-state index contributed by atoms with van der Waals surface area (Å²) >= 11 is 0. The molecule has 1 aromatic carbocycles. The first kappa shape index (κ1) is 30.0. The molecule has 13 heteroatoms. The number of sulfonamides is 1. The van der Waals surface area contributed by atoms with E-state index in [-0.39, 0.29) is 18.5 Å². The van der Waals surface area contributed by atoms with Gasteiger partial charge in [-0.3, -0.25) is 9.69 Å². The molecular formula is C23H35F3N4O5S. The third-order valence-electron chi connectivity index (χ3n) is 6.30. The number of piperazine rings is 1. The first-order chi connectivity index (χ1) is 16.8. The molecule has 2 fully saturated rings. The average Bonchev–Trinajstić information content (AvgIpc) is 3.27. The lowest BCUT2D eigenvalue weighted by molar-refractivity contribution is -0.192. The minimum absolute atomic E-state index is 0.0935. The fraction of sp³-hybridized carbons (Fsp3) is 0.652. The first-order valence-corrected chi connectivity index (χ1v) is 13.3. The van der Waals surface area contributed by atoms with E-state index in [2.05, 4.69) is 17.1 Å². The van der Waals surface area contributed by atoms with Gasteiger partial charge in [0, 0.05) is 38.8 Å². The second-order valence-electron chi connectivity index (χ2n) is 8.92. The Bertz CT molecular complexity index is 1010. The number of carboxylic acids is 1. The maximum absolute atomic E-state index is 13.6. The lowest BCUT2D eigenvalue weighted by Gasteiger charge is -2.33. The van der Waals surface area contributed by atoms with Gasteiger partial charge in [0.1, 0.15) is 0 Å². The van der Waals surface area contributed by atoms with Crippen LogP contribution in [0, 0.1) is 13.8 Å². The zero-order valence-electron chi connectivity index (χ0n) is 20.8. The molecular weight excluding hydrogens is 501 g/mol. The molecule has 0 saturated carbocycles. The molecule has 0 spiro atoms. The second kappa shape index (κ2) is 12.8. The number of carbonyl (C=O) groups is 2. The summed E-state index contributed by atoms with van der Waals surface area (Å²) in [7, 11) is -3.76. The third kappa shape index (κ3) is 8.15. The molecule has 1 atom stereocenters. The normalized spacial score (nSPS) is 19.2. The van der Waals surface area contributed by atoms with Crippen molar-refractivity contribution >= 4 is 21.9 Å². The number of carboxylic acid groups (broad SMARTS) is 1. The molecule has 0 radical (unpaired) electrons. The van der Waals surface area contributed by atoms with Crippen molar-refractivity contribution in [3.05, 3.63) is 29.3 Å². The van der Waals surface area contributed by atoms with Crippen LogP contribution in [-0.2, 0) is 19.6 Å². The quantitative estimate of drug-likeness (QED) is 0.547. The molecule has 204 valence electrons. The lowest BCUT2D eigenvalue weighted by Crippen LogP contribution is -2.52. The Morgan fingerprint density at radius 3 is 2.33 bits per heavy atom. The molecule has 1 unspecified atom stereocenters. The van der Waals surface area contributed by atoms with E-state index in [1.807, 2.05) is 26.0 Å². The van der Waals surface area contributed by atoms with Crippen molar-refractivity contribution in [1.29, 1.82) is 0 Å². The van der Waals surface area contributed by atoms with Crippen LogP contribution in [-0.4, -0.2) is 104 Å². The highest BCUT2D eigenvalue weighted by atomic mass is 32.2. The number of likely N-dealkylation sites (N-methyl/N-ethyl adjacent to an activating group) is 1.